The second-order valence-electron chi connectivity index (χ2n) is 4.83. The number of rotatable bonds is 4. The van der Waals surface area contributed by atoms with Crippen molar-refractivity contribution >= 4 is 15.9 Å². The highest BCUT2D eigenvalue weighted by molar-refractivity contribution is 9.10. The molecule has 1 aromatic carbocycles. The minimum absolute atomic E-state index is 0.445. The molecular formula is C14H16BrN3O. The quantitative estimate of drug-likeness (QED) is 0.940. The Balaban J connectivity index is 1.59. The fraction of sp³-hybridized carbons (Fsp3) is 0.429. The molecule has 1 atom stereocenters. The average molecular weight is 322 g/mol. The maximum Gasteiger partial charge on any atom is 0.223 e. The van der Waals surface area contributed by atoms with Crippen molar-refractivity contribution in [3.05, 3.63) is 45.5 Å². The van der Waals surface area contributed by atoms with Gasteiger partial charge in [0.05, 0.1) is 0 Å². The summed E-state index contributed by atoms with van der Waals surface area (Å²) in [6.45, 7) is 2.68. The summed E-state index contributed by atoms with van der Waals surface area (Å²) < 4.78 is 6.19. The van der Waals surface area contributed by atoms with Crippen LogP contribution in [0.4, 0.5) is 0 Å². The van der Waals surface area contributed by atoms with Crippen molar-refractivity contribution in [2.24, 2.45) is 0 Å². The molecule has 4 nitrogen and oxygen atoms in total. The summed E-state index contributed by atoms with van der Waals surface area (Å²) in [6.07, 6.45) is 3.09. The van der Waals surface area contributed by atoms with Gasteiger partial charge >= 0.3 is 0 Å². The zero-order valence-electron chi connectivity index (χ0n) is 10.8. The first-order chi connectivity index (χ1) is 9.24. The number of hydrogen-bond donors (Lipinski definition) is 1. The fourth-order valence-corrected chi connectivity index (χ4v) is 3.20. The Morgan fingerprint density at radius 1 is 1.47 bits per heavy atom. The lowest BCUT2D eigenvalue weighted by atomic mass is 10.1. The molecule has 0 amide bonds. The van der Waals surface area contributed by atoms with Gasteiger partial charge in [0, 0.05) is 30.4 Å². The molecule has 5 heteroatoms. The van der Waals surface area contributed by atoms with E-state index in [-0.39, 0.29) is 0 Å². The number of nitrogens with one attached hydrogen (secondary N) is 1. The molecule has 0 saturated carbocycles. The summed E-state index contributed by atoms with van der Waals surface area (Å²) in [4.78, 5) is 4.21. The van der Waals surface area contributed by atoms with Gasteiger partial charge in [0.2, 0.25) is 5.89 Å². The van der Waals surface area contributed by atoms with Crippen LogP contribution in [0.15, 0.2) is 27.2 Å². The van der Waals surface area contributed by atoms with E-state index in [1.54, 1.807) is 0 Å². The van der Waals surface area contributed by atoms with Crippen molar-refractivity contribution in [3.8, 4) is 0 Å². The van der Waals surface area contributed by atoms with Crippen LogP contribution < -0.4 is 5.32 Å². The van der Waals surface area contributed by atoms with Gasteiger partial charge in [-0.1, -0.05) is 33.2 Å². The van der Waals surface area contributed by atoms with E-state index in [1.807, 2.05) is 6.92 Å². The second-order valence-corrected chi connectivity index (χ2v) is 5.69. The largest absolute Gasteiger partial charge is 0.340 e. The first-order valence-corrected chi connectivity index (χ1v) is 7.33. The van der Waals surface area contributed by atoms with Crippen LogP contribution in [0, 0.1) is 6.92 Å². The molecule has 0 spiro atoms. The highest BCUT2D eigenvalue weighted by Gasteiger charge is 2.23. The number of fused-ring (bicyclic) bond motifs is 1. The Morgan fingerprint density at radius 3 is 3.16 bits per heavy atom. The molecule has 0 aliphatic heterocycles. The molecule has 0 radical (unpaired) electrons. The molecular weight excluding hydrogens is 306 g/mol. The van der Waals surface area contributed by atoms with Crippen LogP contribution >= 0.6 is 15.9 Å². The molecule has 1 aliphatic rings. The minimum Gasteiger partial charge on any atom is -0.340 e. The van der Waals surface area contributed by atoms with Crippen molar-refractivity contribution < 1.29 is 4.52 Å². The summed E-state index contributed by atoms with van der Waals surface area (Å²) in [5, 5.41) is 7.48. The van der Waals surface area contributed by atoms with Crippen LogP contribution in [0.3, 0.4) is 0 Å². The maximum atomic E-state index is 4.96. The Kier molecular flexibility index (Phi) is 3.66. The van der Waals surface area contributed by atoms with Gasteiger partial charge < -0.3 is 9.84 Å². The molecule has 1 N–H and O–H groups in total. The van der Waals surface area contributed by atoms with Gasteiger partial charge in [-0.15, -0.1) is 0 Å². The molecule has 1 aromatic heterocycles. The first-order valence-electron chi connectivity index (χ1n) is 6.54. The van der Waals surface area contributed by atoms with E-state index in [4.69, 9.17) is 4.52 Å². The molecule has 100 valence electrons. The molecule has 3 rings (SSSR count). The summed E-state index contributed by atoms with van der Waals surface area (Å²) in [6, 6.07) is 6.87. The Labute approximate surface area is 120 Å². The number of hydrogen-bond acceptors (Lipinski definition) is 4. The zero-order chi connectivity index (χ0) is 13.2. The summed E-state index contributed by atoms with van der Waals surface area (Å²) >= 11 is 3.62. The van der Waals surface area contributed by atoms with E-state index in [0.29, 0.717) is 11.9 Å². The van der Waals surface area contributed by atoms with E-state index < -0.39 is 0 Å². The lowest BCUT2D eigenvalue weighted by molar-refractivity contribution is 0.386. The molecule has 1 unspecified atom stereocenters. The van der Waals surface area contributed by atoms with E-state index in [9.17, 15) is 0 Å². The third kappa shape index (κ3) is 2.72. The normalized spacial score (nSPS) is 17.7. The van der Waals surface area contributed by atoms with Gasteiger partial charge in [-0.25, -0.2) is 0 Å². The Morgan fingerprint density at radius 2 is 2.37 bits per heavy atom. The zero-order valence-corrected chi connectivity index (χ0v) is 12.4. The standard InChI is InChI=1S/C14H16BrN3O/c1-9-17-14(18-19-9)7-8-16-13-6-5-10-11(13)3-2-4-12(10)15/h2-4,13,16H,5-8H2,1H3. The maximum absolute atomic E-state index is 4.96. The monoisotopic (exact) mass is 321 g/mol. The van der Waals surface area contributed by atoms with E-state index in [1.165, 1.54) is 15.6 Å². The second kappa shape index (κ2) is 5.43. The minimum atomic E-state index is 0.445. The van der Waals surface area contributed by atoms with E-state index >= 15 is 0 Å². The smallest absolute Gasteiger partial charge is 0.223 e. The van der Waals surface area contributed by atoms with Crippen molar-refractivity contribution in [1.82, 2.24) is 15.5 Å². The number of halogens is 1. The van der Waals surface area contributed by atoms with Crippen molar-refractivity contribution in [3.63, 3.8) is 0 Å². The van der Waals surface area contributed by atoms with Crippen LogP contribution in [0.25, 0.3) is 0 Å². The number of benzene rings is 1. The molecule has 2 aromatic rings. The molecule has 1 heterocycles. The molecule has 0 bridgehead atoms. The lowest BCUT2D eigenvalue weighted by Crippen LogP contribution is -2.22. The Bertz CT molecular complexity index is 582. The van der Waals surface area contributed by atoms with Crippen LogP contribution in [0.2, 0.25) is 0 Å². The van der Waals surface area contributed by atoms with Gasteiger partial charge in [0.25, 0.3) is 0 Å². The van der Waals surface area contributed by atoms with Crippen LogP contribution in [0.5, 0.6) is 0 Å². The third-order valence-electron chi connectivity index (χ3n) is 3.52. The average Bonchev–Trinajstić information content (AvgIpc) is 2.98. The van der Waals surface area contributed by atoms with Crippen molar-refractivity contribution in [2.75, 3.05) is 6.54 Å². The van der Waals surface area contributed by atoms with Gasteiger partial charge in [0.15, 0.2) is 5.82 Å². The fourth-order valence-electron chi connectivity index (χ4n) is 2.62. The Hall–Kier alpha value is -1.20. The topological polar surface area (TPSA) is 51.0 Å². The van der Waals surface area contributed by atoms with Gasteiger partial charge in [-0.05, 0) is 30.0 Å². The van der Waals surface area contributed by atoms with Gasteiger partial charge in [0.1, 0.15) is 0 Å². The molecule has 0 fully saturated rings. The molecule has 1 aliphatic carbocycles. The van der Waals surface area contributed by atoms with Gasteiger partial charge in [-0.3, -0.25) is 0 Å². The lowest BCUT2D eigenvalue weighted by Gasteiger charge is -2.13. The first kappa shape index (κ1) is 12.8. The number of nitrogens with zero attached hydrogens (tertiary/aromatic N) is 2. The van der Waals surface area contributed by atoms with Crippen LogP contribution in [0.1, 0.15) is 35.3 Å². The predicted octanol–water partition coefficient (Wildman–Crippen LogP) is 2.96. The predicted molar refractivity (Wildman–Crippen MR) is 75.9 cm³/mol. The summed E-state index contributed by atoms with van der Waals surface area (Å²) in [7, 11) is 0. The summed E-state index contributed by atoms with van der Waals surface area (Å²) in [5.41, 5.74) is 2.86. The van der Waals surface area contributed by atoms with Crippen molar-refractivity contribution in [1.29, 1.82) is 0 Å². The number of aromatic nitrogens is 2. The van der Waals surface area contributed by atoms with Crippen LogP contribution in [-0.2, 0) is 12.8 Å². The third-order valence-corrected chi connectivity index (χ3v) is 4.27. The highest BCUT2D eigenvalue weighted by atomic mass is 79.9. The van der Waals surface area contributed by atoms with E-state index in [0.717, 1.165) is 31.6 Å². The van der Waals surface area contributed by atoms with E-state index in [2.05, 4.69) is 49.6 Å². The molecule has 0 saturated heterocycles. The van der Waals surface area contributed by atoms with Gasteiger partial charge in [-0.2, -0.15) is 4.98 Å². The van der Waals surface area contributed by atoms with Crippen molar-refractivity contribution in [2.45, 2.75) is 32.2 Å². The number of aryl methyl sites for hydroxylation is 1. The molecule has 19 heavy (non-hydrogen) atoms. The SMILES string of the molecule is Cc1nc(CCNC2CCc3c(Br)cccc32)no1. The summed E-state index contributed by atoms with van der Waals surface area (Å²) in [5.74, 6) is 1.41. The highest BCUT2D eigenvalue weighted by Crippen LogP contribution is 2.35. The van der Waals surface area contributed by atoms with Crippen LogP contribution in [-0.4, -0.2) is 16.7 Å².